The summed E-state index contributed by atoms with van der Waals surface area (Å²) in [4.78, 5) is 24.9. The van der Waals surface area contributed by atoms with Crippen LogP contribution < -0.4 is 5.56 Å². The molecule has 0 radical (unpaired) electrons. The first kappa shape index (κ1) is 16.8. The van der Waals surface area contributed by atoms with E-state index in [9.17, 15) is 9.59 Å². The first-order valence-electron chi connectivity index (χ1n) is 7.90. The minimum absolute atomic E-state index is 0.237. The lowest BCUT2D eigenvalue weighted by atomic mass is 10.1. The zero-order valence-electron chi connectivity index (χ0n) is 13.5. The summed E-state index contributed by atoms with van der Waals surface area (Å²) < 4.78 is 2.37. The van der Waals surface area contributed by atoms with Crippen LogP contribution in [0.5, 0.6) is 0 Å². The number of aromatic nitrogens is 2. The molecule has 0 saturated carbocycles. The van der Waals surface area contributed by atoms with Gasteiger partial charge < -0.3 is 5.11 Å². The van der Waals surface area contributed by atoms with Gasteiger partial charge in [0.2, 0.25) is 0 Å². The van der Waals surface area contributed by atoms with Gasteiger partial charge >= 0.3 is 5.97 Å². The van der Waals surface area contributed by atoms with Crippen LogP contribution in [-0.2, 0) is 17.8 Å². The average molecular weight is 385 g/mol. The van der Waals surface area contributed by atoms with Gasteiger partial charge in [-0.2, -0.15) is 5.10 Å². The van der Waals surface area contributed by atoms with Crippen molar-refractivity contribution in [2.75, 3.05) is 0 Å². The summed E-state index contributed by atoms with van der Waals surface area (Å²) in [5, 5.41) is 16.1. The molecule has 5 nitrogen and oxygen atoms in total. The molecule has 0 aliphatic heterocycles. The zero-order chi connectivity index (χ0) is 18.3. The topological polar surface area (TPSA) is 72.2 Å². The molecule has 2 heterocycles. The van der Waals surface area contributed by atoms with Gasteiger partial charge in [0.15, 0.2) is 0 Å². The van der Waals surface area contributed by atoms with Gasteiger partial charge in [-0.1, -0.05) is 35.9 Å². The maximum atomic E-state index is 12.8. The maximum absolute atomic E-state index is 12.8. The van der Waals surface area contributed by atoms with Gasteiger partial charge in [0.05, 0.1) is 24.0 Å². The summed E-state index contributed by atoms with van der Waals surface area (Å²) in [5.74, 6) is -0.985. The molecule has 0 spiro atoms. The second-order valence-electron chi connectivity index (χ2n) is 5.89. The lowest BCUT2D eigenvalue weighted by Crippen LogP contribution is -2.25. The summed E-state index contributed by atoms with van der Waals surface area (Å²) in [6, 6.07) is 14.6. The molecule has 26 heavy (non-hydrogen) atoms. The van der Waals surface area contributed by atoms with Crippen LogP contribution in [0.25, 0.3) is 20.9 Å². The van der Waals surface area contributed by atoms with Crippen LogP contribution in [0.15, 0.2) is 53.3 Å². The van der Waals surface area contributed by atoms with Crippen molar-refractivity contribution >= 4 is 49.8 Å². The molecule has 0 saturated heterocycles. The Morgan fingerprint density at radius 3 is 2.62 bits per heavy atom. The highest BCUT2D eigenvalue weighted by atomic mass is 35.5. The molecule has 1 N–H and O–H groups in total. The predicted octanol–water partition coefficient (Wildman–Crippen LogP) is 3.94. The number of benzene rings is 2. The quantitative estimate of drug-likeness (QED) is 0.578. The molecular formula is C19H13ClN2O3S. The molecule has 0 amide bonds. The molecule has 7 heteroatoms. The van der Waals surface area contributed by atoms with Crippen molar-refractivity contribution in [3.05, 3.63) is 74.5 Å². The first-order valence-corrected chi connectivity index (χ1v) is 9.10. The van der Waals surface area contributed by atoms with Crippen molar-refractivity contribution in [1.29, 1.82) is 0 Å². The molecule has 0 aliphatic rings. The largest absolute Gasteiger partial charge is 0.481 e. The lowest BCUT2D eigenvalue weighted by molar-refractivity contribution is -0.136. The Morgan fingerprint density at radius 1 is 1.12 bits per heavy atom. The monoisotopic (exact) mass is 384 g/mol. The van der Waals surface area contributed by atoms with Crippen molar-refractivity contribution in [3.63, 3.8) is 0 Å². The Labute approximate surface area is 157 Å². The summed E-state index contributed by atoms with van der Waals surface area (Å²) in [5.41, 5.74) is 0.144. The number of halogens is 1. The van der Waals surface area contributed by atoms with Crippen LogP contribution in [0.1, 0.15) is 10.6 Å². The number of carboxylic acid groups (broad SMARTS) is 1. The Kier molecular flexibility index (Phi) is 4.22. The van der Waals surface area contributed by atoms with E-state index in [-0.39, 0.29) is 18.5 Å². The Balaban J connectivity index is 1.85. The third kappa shape index (κ3) is 2.98. The van der Waals surface area contributed by atoms with Gasteiger partial charge in [-0.15, -0.1) is 11.3 Å². The van der Waals surface area contributed by atoms with Gasteiger partial charge in [-0.05, 0) is 24.3 Å². The number of aliphatic carboxylic acids is 1. The van der Waals surface area contributed by atoms with E-state index < -0.39 is 5.97 Å². The second kappa shape index (κ2) is 6.55. The molecule has 2 aromatic heterocycles. The Bertz CT molecular complexity index is 1210. The zero-order valence-corrected chi connectivity index (χ0v) is 15.0. The number of hydrogen-bond donors (Lipinski definition) is 1. The Morgan fingerprint density at radius 2 is 1.88 bits per heavy atom. The highest BCUT2D eigenvalue weighted by Crippen LogP contribution is 2.31. The summed E-state index contributed by atoms with van der Waals surface area (Å²) in [6.45, 7) is 0.270. The third-order valence-electron chi connectivity index (χ3n) is 4.13. The Hall–Kier alpha value is -2.70. The van der Waals surface area contributed by atoms with E-state index in [1.54, 1.807) is 24.3 Å². The van der Waals surface area contributed by atoms with E-state index in [2.05, 4.69) is 5.10 Å². The minimum Gasteiger partial charge on any atom is -0.481 e. The van der Waals surface area contributed by atoms with Crippen LogP contribution in [0.3, 0.4) is 0 Å². The van der Waals surface area contributed by atoms with E-state index >= 15 is 0 Å². The average Bonchev–Trinajstić information content (AvgIpc) is 3.03. The summed E-state index contributed by atoms with van der Waals surface area (Å²) in [6.07, 6.45) is -0.237. The van der Waals surface area contributed by atoms with Gasteiger partial charge in [0.25, 0.3) is 5.56 Å². The molecule has 0 bridgehead atoms. The molecular weight excluding hydrogens is 372 g/mol. The maximum Gasteiger partial charge on any atom is 0.309 e. The summed E-state index contributed by atoms with van der Waals surface area (Å²) >= 11 is 7.76. The smallest absolute Gasteiger partial charge is 0.309 e. The van der Waals surface area contributed by atoms with Crippen LogP contribution in [0.4, 0.5) is 0 Å². The van der Waals surface area contributed by atoms with Crippen molar-refractivity contribution < 1.29 is 9.90 Å². The number of thiophene rings is 1. The van der Waals surface area contributed by atoms with Crippen LogP contribution in [-0.4, -0.2) is 20.9 Å². The normalized spacial score (nSPS) is 11.3. The molecule has 4 aromatic rings. The van der Waals surface area contributed by atoms with Crippen molar-refractivity contribution in [1.82, 2.24) is 9.78 Å². The third-order valence-corrected chi connectivity index (χ3v) is 5.54. The van der Waals surface area contributed by atoms with Crippen molar-refractivity contribution in [2.45, 2.75) is 13.0 Å². The molecule has 0 unspecified atom stereocenters. The number of hydrogen-bond acceptors (Lipinski definition) is 4. The molecule has 4 rings (SSSR count). The fourth-order valence-corrected chi connectivity index (χ4v) is 4.35. The van der Waals surface area contributed by atoms with E-state index in [4.69, 9.17) is 16.7 Å². The van der Waals surface area contributed by atoms with Gasteiger partial charge in [0.1, 0.15) is 0 Å². The van der Waals surface area contributed by atoms with E-state index in [0.717, 1.165) is 15.0 Å². The predicted molar refractivity (Wildman–Crippen MR) is 103 cm³/mol. The summed E-state index contributed by atoms with van der Waals surface area (Å²) in [7, 11) is 0. The first-order chi connectivity index (χ1) is 12.5. The highest BCUT2D eigenvalue weighted by Gasteiger charge is 2.14. The van der Waals surface area contributed by atoms with Crippen molar-refractivity contribution in [2.24, 2.45) is 0 Å². The number of rotatable bonds is 4. The standard InChI is InChI=1S/C19H13ClN2O3S/c20-15-6-3-7-17-14(15)8-11(26-17)10-22-19(25)13-5-2-1-4-12(13)16(21-22)9-18(23)24/h1-8H,9-10H2,(H,23,24). The van der Waals surface area contributed by atoms with E-state index in [1.165, 1.54) is 16.0 Å². The molecule has 130 valence electrons. The van der Waals surface area contributed by atoms with Gasteiger partial charge in [-0.25, -0.2) is 4.68 Å². The van der Waals surface area contributed by atoms with Crippen molar-refractivity contribution in [3.8, 4) is 0 Å². The lowest BCUT2D eigenvalue weighted by Gasteiger charge is -2.09. The fraction of sp³-hybridized carbons (Fsp3) is 0.105. The molecule has 0 atom stereocenters. The van der Waals surface area contributed by atoms with Crippen LogP contribution in [0, 0.1) is 0 Å². The molecule has 2 aromatic carbocycles. The highest BCUT2D eigenvalue weighted by molar-refractivity contribution is 7.19. The van der Waals surface area contributed by atoms with Gasteiger partial charge in [-0.3, -0.25) is 9.59 Å². The SMILES string of the molecule is O=C(O)Cc1nn(Cc2cc3c(Cl)cccc3s2)c(=O)c2ccccc12. The van der Waals surface area contributed by atoms with E-state index in [1.807, 2.05) is 24.3 Å². The van der Waals surface area contributed by atoms with Crippen LogP contribution in [0.2, 0.25) is 5.02 Å². The number of carboxylic acids is 1. The minimum atomic E-state index is -0.985. The number of nitrogens with zero attached hydrogens (tertiary/aromatic N) is 2. The number of fused-ring (bicyclic) bond motifs is 2. The molecule has 0 fully saturated rings. The second-order valence-corrected chi connectivity index (χ2v) is 7.47. The number of carbonyl (C=O) groups is 1. The molecule has 0 aliphatic carbocycles. The van der Waals surface area contributed by atoms with E-state index in [0.29, 0.717) is 21.5 Å². The fourth-order valence-electron chi connectivity index (χ4n) is 2.99. The van der Waals surface area contributed by atoms with Gasteiger partial charge in [0, 0.05) is 25.4 Å². The van der Waals surface area contributed by atoms with Crippen LogP contribution >= 0.6 is 22.9 Å².